The first-order valence-electron chi connectivity index (χ1n) is 8.44. The van der Waals surface area contributed by atoms with Crippen LogP contribution in [0.15, 0.2) is 51.5 Å². The molecule has 0 fully saturated rings. The van der Waals surface area contributed by atoms with E-state index in [1.54, 1.807) is 6.92 Å². The Bertz CT molecular complexity index is 967. The molecule has 0 aromatic carbocycles. The molecule has 0 aliphatic heterocycles. The number of carbonyl (C=O) groups excluding carboxylic acids is 1. The average Bonchev–Trinajstić information content (AvgIpc) is 2.63. The average molecular weight is 387 g/mol. The summed E-state index contributed by atoms with van der Waals surface area (Å²) in [5.41, 5.74) is 1.10. The Hall–Kier alpha value is -3.41. The van der Waals surface area contributed by atoms with E-state index in [2.05, 4.69) is 22.1 Å². The second-order valence-corrected chi connectivity index (χ2v) is 6.26. The fourth-order valence-electron chi connectivity index (χ4n) is 2.62. The predicted octanol–water partition coefficient (Wildman–Crippen LogP) is 2.57. The summed E-state index contributed by atoms with van der Waals surface area (Å²) in [6.45, 7) is 4.47. The summed E-state index contributed by atoms with van der Waals surface area (Å²) >= 11 is 0. The molecule has 1 amide bonds. The molecule has 2 rings (SSSR count). The molecule has 1 aliphatic rings. The third-order valence-electron chi connectivity index (χ3n) is 3.96. The van der Waals surface area contributed by atoms with Crippen LogP contribution < -0.4 is 10.9 Å². The van der Waals surface area contributed by atoms with Gasteiger partial charge in [-0.25, -0.2) is 13.5 Å². The van der Waals surface area contributed by atoms with E-state index in [4.69, 9.17) is 5.26 Å². The lowest BCUT2D eigenvalue weighted by Gasteiger charge is -2.21. The zero-order chi connectivity index (χ0) is 20.7. The smallest absolute Gasteiger partial charge is 0.267 e. The highest BCUT2D eigenvalue weighted by molar-refractivity contribution is 5.77. The maximum Gasteiger partial charge on any atom is 0.267 e. The molecular weight excluding hydrogens is 368 g/mol. The van der Waals surface area contributed by atoms with Crippen LogP contribution in [0.3, 0.4) is 0 Å². The van der Waals surface area contributed by atoms with Crippen LogP contribution >= 0.6 is 0 Å². The highest BCUT2D eigenvalue weighted by atomic mass is 19.3. The van der Waals surface area contributed by atoms with E-state index in [1.165, 1.54) is 30.5 Å². The Balaban J connectivity index is 2.13. The quantitative estimate of drug-likeness (QED) is 0.461. The number of nitriles is 1. The summed E-state index contributed by atoms with van der Waals surface area (Å²) in [5.74, 6) is -3.24. The van der Waals surface area contributed by atoms with Crippen molar-refractivity contribution in [3.63, 3.8) is 0 Å². The van der Waals surface area contributed by atoms with Gasteiger partial charge in [0.25, 0.3) is 11.5 Å². The number of carbonyl (C=O) groups is 1. The SMILES string of the molecule is C=N/C=C(C#N)\C=C(/C)NC(=O)Cn1nc(C2=CCC(F)(F)CC2)ccc1=O. The van der Waals surface area contributed by atoms with E-state index in [1.807, 2.05) is 6.07 Å². The number of alkyl halides is 2. The molecular formula is C19H19F2N5O2. The lowest BCUT2D eigenvalue weighted by Crippen LogP contribution is -2.33. The molecule has 0 unspecified atom stereocenters. The number of aromatic nitrogens is 2. The van der Waals surface area contributed by atoms with E-state index in [-0.39, 0.29) is 31.4 Å². The largest absolute Gasteiger partial charge is 0.328 e. The summed E-state index contributed by atoms with van der Waals surface area (Å²) in [6.07, 6.45) is 3.56. The van der Waals surface area contributed by atoms with Crippen molar-refractivity contribution in [2.45, 2.75) is 38.7 Å². The minimum absolute atomic E-state index is 0.146. The number of rotatable bonds is 6. The van der Waals surface area contributed by atoms with E-state index in [0.717, 1.165) is 4.68 Å². The van der Waals surface area contributed by atoms with Crippen LogP contribution in [0.5, 0.6) is 0 Å². The van der Waals surface area contributed by atoms with Gasteiger partial charge in [0.05, 0.1) is 11.3 Å². The normalized spacial score (nSPS) is 16.7. The number of amides is 1. The van der Waals surface area contributed by atoms with Crippen LogP contribution in [0.4, 0.5) is 8.78 Å². The molecule has 1 N–H and O–H groups in total. The first-order chi connectivity index (χ1) is 13.2. The lowest BCUT2D eigenvalue weighted by molar-refractivity contribution is -0.121. The number of allylic oxidation sites excluding steroid dienone is 5. The highest BCUT2D eigenvalue weighted by Gasteiger charge is 2.31. The summed E-state index contributed by atoms with van der Waals surface area (Å²) in [4.78, 5) is 27.6. The minimum Gasteiger partial charge on any atom is -0.328 e. The third kappa shape index (κ3) is 5.81. The molecule has 0 bridgehead atoms. The van der Waals surface area contributed by atoms with Crippen LogP contribution in [0.25, 0.3) is 5.57 Å². The molecule has 1 aromatic rings. The van der Waals surface area contributed by atoms with Crippen LogP contribution in [-0.4, -0.2) is 28.3 Å². The topological polar surface area (TPSA) is 100 Å². The summed E-state index contributed by atoms with van der Waals surface area (Å²) in [7, 11) is 0. The molecule has 1 aliphatic carbocycles. The minimum atomic E-state index is -2.72. The van der Waals surface area contributed by atoms with Gasteiger partial charge in [-0.05, 0) is 37.8 Å². The predicted molar refractivity (Wildman–Crippen MR) is 100 cm³/mol. The van der Waals surface area contributed by atoms with Crippen molar-refractivity contribution < 1.29 is 13.6 Å². The Morgan fingerprint density at radius 2 is 2.29 bits per heavy atom. The Labute approximate surface area is 160 Å². The fraction of sp³-hybridized carbons (Fsp3) is 0.316. The van der Waals surface area contributed by atoms with Gasteiger partial charge in [-0.1, -0.05) is 6.08 Å². The molecule has 0 radical (unpaired) electrons. The van der Waals surface area contributed by atoms with E-state index in [9.17, 15) is 18.4 Å². The van der Waals surface area contributed by atoms with Gasteiger partial charge in [0.15, 0.2) is 0 Å². The van der Waals surface area contributed by atoms with Crippen molar-refractivity contribution in [2.75, 3.05) is 0 Å². The Morgan fingerprint density at radius 1 is 1.54 bits per heavy atom. The highest BCUT2D eigenvalue weighted by Crippen LogP contribution is 2.35. The van der Waals surface area contributed by atoms with E-state index < -0.39 is 17.4 Å². The van der Waals surface area contributed by atoms with Gasteiger partial charge in [0, 0.05) is 30.8 Å². The standard InChI is InChI=1S/C19H19F2N5O2/c1-13(9-14(10-22)11-23-2)24-17(27)12-26-18(28)4-3-16(25-26)15-5-7-19(20,21)8-6-15/h3-5,9,11H,2,6-8,12H2,1H3,(H,24,27)/b13-9+,14-11+. The van der Waals surface area contributed by atoms with Gasteiger partial charge in [-0.3, -0.25) is 14.6 Å². The van der Waals surface area contributed by atoms with Gasteiger partial charge in [0.1, 0.15) is 12.6 Å². The van der Waals surface area contributed by atoms with Gasteiger partial charge in [-0.2, -0.15) is 10.4 Å². The number of aliphatic imine (C=N–C) groups is 1. The van der Waals surface area contributed by atoms with E-state index in [0.29, 0.717) is 17.0 Å². The molecule has 1 heterocycles. The number of nitrogens with one attached hydrogen (secondary N) is 1. The monoisotopic (exact) mass is 387 g/mol. The molecule has 0 saturated heterocycles. The number of hydrogen-bond acceptors (Lipinski definition) is 5. The van der Waals surface area contributed by atoms with Crippen molar-refractivity contribution in [2.24, 2.45) is 4.99 Å². The van der Waals surface area contributed by atoms with Crippen molar-refractivity contribution in [3.8, 4) is 6.07 Å². The van der Waals surface area contributed by atoms with Crippen LogP contribution in [-0.2, 0) is 11.3 Å². The molecule has 28 heavy (non-hydrogen) atoms. The van der Waals surface area contributed by atoms with E-state index >= 15 is 0 Å². The fourth-order valence-corrected chi connectivity index (χ4v) is 2.62. The molecule has 0 spiro atoms. The summed E-state index contributed by atoms with van der Waals surface area (Å²) < 4.78 is 27.5. The van der Waals surface area contributed by atoms with Crippen molar-refractivity contribution in [3.05, 3.63) is 57.8 Å². The third-order valence-corrected chi connectivity index (χ3v) is 3.96. The van der Waals surface area contributed by atoms with Crippen LogP contribution in [0.2, 0.25) is 0 Å². The molecule has 0 atom stereocenters. The van der Waals surface area contributed by atoms with Gasteiger partial charge in [0.2, 0.25) is 5.91 Å². The van der Waals surface area contributed by atoms with Crippen LogP contribution in [0, 0.1) is 11.3 Å². The molecule has 146 valence electrons. The molecule has 0 saturated carbocycles. The maximum atomic E-state index is 13.3. The second kappa shape index (κ2) is 8.99. The number of nitrogens with zero attached hydrogens (tertiary/aromatic N) is 4. The first kappa shape index (κ1) is 20.9. The molecule has 7 nitrogen and oxygen atoms in total. The zero-order valence-corrected chi connectivity index (χ0v) is 15.3. The summed E-state index contributed by atoms with van der Waals surface area (Å²) in [5, 5.41) is 15.6. The summed E-state index contributed by atoms with van der Waals surface area (Å²) in [6, 6.07) is 4.60. The molecule has 9 heteroatoms. The second-order valence-electron chi connectivity index (χ2n) is 6.26. The van der Waals surface area contributed by atoms with Crippen LogP contribution in [0.1, 0.15) is 31.9 Å². The van der Waals surface area contributed by atoms with Gasteiger partial charge < -0.3 is 5.32 Å². The lowest BCUT2D eigenvalue weighted by atomic mass is 9.94. The Morgan fingerprint density at radius 3 is 2.89 bits per heavy atom. The van der Waals surface area contributed by atoms with Crippen molar-refractivity contribution in [1.29, 1.82) is 5.26 Å². The van der Waals surface area contributed by atoms with Crippen molar-refractivity contribution >= 4 is 18.2 Å². The van der Waals surface area contributed by atoms with Gasteiger partial charge in [-0.15, -0.1) is 0 Å². The maximum absolute atomic E-state index is 13.3. The Kier molecular flexibility index (Phi) is 6.71. The zero-order valence-electron chi connectivity index (χ0n) is 15.3. The van der Waals surface area contributed by atoms with Gasteiger partial charge >= 0.3 is 0 Å². The number of halogens is 2. The number of hydrogen-bond donors (Lipinski definition) is 1. The molecule has 1 aromatic heterocycles. The van der Waals surface area contributed by atoms with Crippen molar-refractivity contribution in [1.82, 2.24) is 15.1 Å². The first-order valence-corrected chi connectivity index (χ1v) is 8.44.